The second-order valence-corrected chi connectivity index (χ2v) is 6.69. The van der Waals surface area contributed by atoms with Crippen LogP contribution in [0, 0.1) is 11.3 Å². The van der Waals surface area contributed by atoms with Crippen molar-refractivity contribution in [2.75, 3.05) is 40.3 Å². The fraction of sp³-hybridized carbons (Fsp3) is 0.857. The van der Waals surface area contributed by atoms with Crippen LogP contribution in [-0.2, 0) is 4.79 Å². The van der Waals surface area contributed by atoms with Gasteiger partial charge in [0.05, 0.1) is 0 Å². The first-order valence-corrected chi connectivity index (χ1v) is 7.54. The fourth-order valence-corrected chi connectivity index (χ4v) is 3.44. The van der Waals surface area contributed by atoms with Crippen molar-refractivity contribution in [1.82, 2.24) is 15.1 Å². The summed E-state index contributed by atoms with van der Waals surface area (Å²) in [7, 11) is 4.17. The Hall–Kier alpha value is -1.34. The van der Waals surface area contributed by atoms with Crippen LogP contribution in [0.4, 0.5) is 0 Å². The first-order chi connectivity index (χ1) is 9.89. The molecule has 1 amide bonds. The molecule has 21 heavy (non-hydrogen) atoms. The molecular weight excluding hydrogens is 270 g/mol. The number of nitrogens with one attached hydrogen (secondary N) is 1. The van der Waals surface area contributed by atoms with E-state index in [0.717, 1.165) is 19.6 Å². The van der Waals surface area contributed by atoms with Gasteiger partial charge in [0.2, 0.25) is 5.91 Å². The van der Waals surface area contributed by atoms with Gasteiger partial charge in [-0.2, -0.15) is 0 Å². The SMILES string of the molecule is CC1CC(C(=O)NCC2CN(C)CCN2C)(C(N)=NO)C1. The molecule has 1 aliphatic carbocycles. The van der Waals surface area contributed by atoms with Gasteiger partial charge in [-0.15, -0.1) is 0 Å². The summed E-state index contributed by atoms with van der Waals surface area (Å²) in [5.41, 5.74) is 4.94. The van der Waals surface area contributed by atoms with Crippen LogP contribution in [0.2, 0.25) is 0 Å². The van der Waals surface area contributed by atoms with Crippen molar-refractivity contribution in [3.8, 4) is 0 Å². The molecule has 2 rings (SSSR count). The first-order valence-electron chi connectivity index (χ1n) is 7.54. The van der Waals surface area contributed by atoms with E-state index in [9.17, 15) is 4.79 Å². The molecule has 0 radical (unpaired) electrons. The molecule has 7 nitrogen and oxygen atoms in total. The number of hydrogen-bond acceptors (Lipinski definition) is 5. The highest BCUT2D eigenvalue weighted by Crippen LogP contribution is 2.45. The number of amidine groups is 1. The van der Waals surface area contributed by atoms with Gasteiger partial charge in [0.15, 0.2) is 5.84 Å². The van der Waals surface area contributed by atoms with Gasteiger partial charge in [-0.05, 0) is 32.9 Å². The Morgan fingerprint density at radius 1 is 1.43 bits per heavy atom. The summed E-state index contributed by atoms with van der Waals surface area (Å²) < 4.78 is 0. The van der Waals surface area contributed by atoms with Gasteiger partial charge in [-0.25, -0.2) is 0 Å². The molecule has 1 saturated carbocycles. The predicted molar refractivity (Wildman–Crippen MR) is 81.2 cm³/mol. The molecule has 4 N–H and O–H groups in total. The fourth-order valence-electron chi connectivity index (χ4n) is 3.44. The van der Waals surface area contributed by atoms with Gasteiger partial charge in [0.1, 0.15) is 5.41 Å². The van der Waals surface area contributed by atoms with Crippen LogP contribution < -0.4 is 11.1 Å². The molecule has 1 saturated heterocycles. The zero-order chi connectivity index (χ0) is 15.6. The average molecular weight is 297 g/mol. The highest BCUT2D eigenvalue weighted by atomic mass is 16.4. The number of hydrogen-bond donors (Lipinski definition) is 3. The van der Waals surface area contributed by atoms with E-state index in [1.54, 1.807) is 0 Å². The Morgan fingerprint density at radius 3 is 2.67 bits per heavy atom. The van der Waals surface area contributed by atoms with Crippen molar-refractivity contribution >= 4 is 11.7 Å². The van der Waals surface area contributed by atoms with Crippen LogP contribution in [0.15, 0.2) is 5.16 Å². The number of oxime groups is 1. The molecule has 7 heteroatoms. The summed E-state index contributed by atoms with van der Waals surface area (Å²) in [6, 6.07) is 0.300. The molecule has 1 aliphatic heterocycles. The minimum absolute atomic E-state index is 0.0345. The molecule has 2 fully saturated rings. The quantitative estimate of drug-likeness (QED) is 0.282. The van der Waals surface area contributed by atoms with Crippen LogP contribution in [0.3, 0.4) is 0 Å². The molecular formula is C14H27N5O2. The van der Waals surface area contributed by atoms with Crippen LogP contribution >= 0.6 is 0 Å². The molecule has 2 aliphatic rings. The van der Waals surface area contributed by atoms with Crippen molar-refractivity contribution in [1.29, 1.82) is 0 Å². The largest absolute Gasteiger partial charge is 0.409 e. The van der Waals surface area contributed by atoms with E-state index >= 15 is 0 Å². The predicted octanol–water partition coefficient (Wildman–Crippen LogP) is -0.489. The molecule has 0 aromatic heterocycles. The maximum absolute atomic E-state index is 12.5. The van der Waals surface area contributed by atoms with Gasteiger partial charge >= 0.3 is 0 Å². The number of amides is 1. The van der Waals surface area contributed by atoms with Gasteiger partial charge in [-0.3, -0.25) is 9.69 Å². The number of likely N-dealkylation sites (N-methyl/N-ethyl adjacent to an activating group) is 2. The zero-order valence-electron chi connectivity index (χ0n) is 13.2. The molecule has 0 aromatic rings. The summed E-state index contributed by atoms with van der Waals surface area (Å²) >= 11 is 0. The Kier molecular flexibility index (Phi) is 4.73. The number of nitrogens with zero attached hydrogens (tertiary/aromatic N) is 3. The van der Waals surface area contributed by atoms with Crippen LogP contribution in [-0.4, -0.2) is 73.1 Å². The van der Waals surface area contributed by atoms with Crippen molar-refractivity contribution in [2.24, 2.45) is 22.2 Å². The van der Waals surface area contributed by atoms with Crippen molar-refractivity contribution in [2.45, 2.75) is 25.8 Å². The maximum atomic E-state index is 12.5. The molecule has 0 bridgehead atoms. The molecule has 0 aromatic carbocycles. The van der Waals surface area contributed by atoms with Crippen molar-refractivity contribution < 1.29 is 10.0 Å². The van der Waals surface area contributed by atoms with E-state index in [-0.39, 0.29) is 11.7 Å². The molecule has 1 atom stereocenters. The topological polar surface area (TPSA) is 94.2 Å². The lowest BCUT2D eigenvalue weighted by Gasteiger charge is -2.44. The number of carbonyl (C=O) groups is 1. The minimum atomic E-state index is -0.812. The maximum Gasteiger partial charge on any atom is 0.234 e. The third-order valence-corrected chi connectivity index (χ3v) is 4.90. The van der Waals surface area contributed by atoms with E-state index in [1.165, 1.54) is 0 Å². The van der Waals surface area contributed by atoms with Crippen LogP contribution in [0.1, 0.15) is 19.8 Å². The third-order valence-electron chi connectivity index (χ3n) is 4.90. The van der Waals surface area contributed by atoms with E-state index in [4.69, 9.17) is 10.9 Å². The zero-order valence-corrected chi connectivity index (χ0v) is 13.2. The summed E-state index contributed by atoms with van der Waals surface area (Å²) in [5.74, 6) is 0.351. The average Bonchev–Trinajstić information content (AvgIpc) is 2.43. The van der Waals surface area contributed by atoms with Gasteiger partial charge in [-0.1, -0.05) is 12.1 Å². The molecule has 1 heterocycles. The number of carbonyl (C=O) groups excluding carboxylic acids is 1. The first kappa shape index (κ1) is 16.0. The summed E-state index contributed by atoms with van der Waals surface area (Å²) in [5, 5.41) is 15.0. The lowest BCUT2D eigenvalue weighted by atomic mass is 9.61. The highest BCUT2D eigenvalue weighted by molar-refractivity contribution is 6.07. The summed E-state index contributed by atoms with van der Waals surface area (Å²) in [4.78, 5) is 17.0. The minimum Gasteiger partial charge on any atom is -0.409 e. The van der Waals surface area contributed by atoms with Gasteiger partial charge in [0.25, 0.3) is 0 Å². The van der Waals surface area contributed by atoms with Gasteiger partial charge in [0, 0.05) is 32.2 Å². The van der Waals surface area contributed by atoms with Crippen LogP contribution in [0.5, 0.6) is 0 Å². The number of nitrogens with two attached hydrogens (primary N) is 1. The molecule has 1 unspecified atom stereocenters. The van der Waals surface area contributed by atoms with Crippen molar-refractivity contribution in [3.63, 3.8) is 0 Å². The highest BCUT2D eigenvalue weighted by Gasteiger charge is 2.52. The Balaban J connectivity index is 1.94. The Morgan fingerprint density at radius 2 is 2.10 bits per heavy atom. The lowest BCUT2D eigenvalue weighted by molar-refractivity contribution is -0.133. The summed E-state index contributed by atoms with van der Waals surface area (Å²) in [6.07, 6.45) is 1.30. The van der Waals surface area contributed by atoms with E-state index in [1.807, 2.05) is 0 Å². The summed E-state index contributed by atoms with van der Waals surface area (Å²) in [6.45, 7) is 5.64. The third kappa shape index (κ3) is 3.13. The van der Waals surface area contributed by atoms with E-state index in [0.29, 0.717) is 31.3 Å². The monoisotopic (exact) mass is 297 g/mol. The normalized spacial score (nSPS) is 35.3. The number of piperazine rings is 1. The van der Waals surface area contributed by atoms with E-state index in [2.05, 4.69) is 41.3 Å². The van der Waals surface area contributed by atoms with Crippen LogP contribution in [0.25, 0.3) is 0 Å². The van der Waals surface area contributed by atoms with Crippen molar-refractivity contribution in [3.05, 3.63) is 0 Å². The Labute approximate surface area is 126 Å². The van der Waals surface area contributed by atoms with E-state index < -0.39 is 5.41 Å². The second-order valence-electron chi connectivity index (χ2n) is 6.69. The molecule has 120 valence electrons. The van der Waals surface area contributed by atoms with Gasteiger partial charge < -0.3 is 21.2 Å². The lowest BCUT2D eigenvalue weighted by Crippen LogP contribution is -2.60. The second kappa shape index (κ2) is 6.19. The standard InChI is InChI=1S/C14H27N5O2/c1-10-6-14(7-10,12(15)17-21)13(20)16-8-11-9-18(2)4-5-19(11)3/h10-11,21H,4-9H2,1-3H3,(H2,15,17)(H,16,20). The number of rotatable bonds is 4. The smallest absolute Gasteiger partial charge is 0.234 e. The Bertz CT molecular complexity index is 420. The molecule has 0 spiro atoms.